The second-order valence-corrected chi connectivity index (χ2v) is 12.1. The van der Waals surface area contributed by atoms with E-state index in [1.165, 1.54) is 44.1 Å². The van der Waals surface area contributed by atoms with Crippen LogP contribution in [0.15, 0.2) is 40.8 Å². The number of fused-ring (bicyclic) bond motifs is 1. The van der Waals surface area contributed by atoms with Crippen LogP contribution >= 0.6 is 12.2 Å². The second kappa shape index (κ2) is 8.87. The maximum Gasteiger partial charge on any atom is 0.231 e. The van der Waals surface area contributed by atoms with Crippen molar-refractivity contribution in [2.75, 3.05) is 5.32 Å². The molecular weight excluding hydrogens is 470 g/mol. The third-order valence-electron chi connectivity index (χ3n) is 8.52. The number of nitrogens with zero attached hydrogens (tertiary/aromatic N) is 1. The van der Waals surface area contributed by atoms with Crippen molar-refractivity contribution in [2.45, 2.75) is 64.7 Å². The van der Waals surface area contributed by atoms with E-state index in [2.05, 4.69) is 29.5 Å². The van der Waals surface area contributed by atoms with Crippen molar-refractivity contribution in [3.63, 3.8) is 0 Å². The van der Waals surface area contributed by atoms with Gasteiger partial charge >= 0.3 is 0 Å². The van der Waals surface area contributed by atoms with Crippen molar-refractivity contribution in [1.29, 1.82) is 0 Å². The Kier molecular flexibility index (Phi) is 5.78. The Hall–Kier alpha value is -2.93. The van der Waals surface area contributed by atoms with Crippen LogP contribution in [-0.4, -0.2) is 21.1 Å². The van der Waals surface area contributed by atoms with Gasteiger partial charge in [0.05, 0.1) is 5.56 Å². The molecule has 7 rings (SSSR count). The third kappa shape index (κ3) is 4.49. The molecule has 4 fully saturated rings. The molecule has 4 saturated carbocycles. The number of carbonyl (C=O) groups is 1. The topological polar surface area (TPSA) is 87.4 Å². The first kappa shape index (κ1) is 23.5. The Bertz CT molecular complexity index is 1310. The number of rotatable bonds is 5. The van der Waals surface area contributed by atoms with E-state index in [-0.39, 0.29) is 22.2 Å². The monoisotopic (exact) mass is 503 g/mol. The number of hydrogen-bond donors (Lipinski definition) is 3. The maximum absolute atomic E-state index is 12.9. The quantitative estimate of drug-likeness (QED) is 0.334. The predicted octanol–water partition coefficient (Wildman–Crippen LogP) is 6.74. The van der Waals surface area contributed by atoms with Gasteiger partial charge in [0.25, 0.3) is 0 Å². The first-order chi connectivity index (χ1) is 17.2. The highest BCUT2D eigenvalue weighted by Crippen LogP contribution is 2.61. The van der Waals surface area contributed by atoms with Crippen LogP contribution in [0.4, 0.5) is 5.69 Å². The molecule has 188 valence electrons. The van der Waals surface area contributed by atoms with Crippen LogP contribution in [0.3, 0.4) is 0 Å². The molecule has 36 heavy (non-hydrogen) atoms. The molecule has 0 atom stereocenters. The van der Waals surface area contributed by atoms with Gasteiger partial charge < -0.3 is 20.2 Å². The fraction of sp³-hybridized carbons (Fsp3) is 0.483. The standard InChI is InChI=1S/C29H33N3O3S/c1-16(2)20-3-6-25-23(10-20)31-27(35-25)22-5-4-21(11-24(22)33)30-28(36)32-26(34)15-29-12-17-7-18(13-29)9-19(8-17)14-29/h3-6,10-11,16-19,33H,7-9,12-15H2,1-2H3,(H2,30,32,34,36). The highest BCUT2D eigenvalue weighted by atomic mass is 32.1. The van der Waals surface area contributed by atoms with E-state index < -0.39 is 0 Å². The molecule has 1 amide bonds. The van der Waals surface area contributed by atoms with E-state index in [9.17, 15) is 9.90 Å². The summed E-state index contributed by atoms with van der Waals surface area (Å²) in [6, 6.07) is 11.1. The molecule has 0 spiro atoms. The van der Waals surface area contributed by atoms with Crippen LogP contribution < -0.4 is 10.6 Å². The molecule has 4 bridgehead atoms. The third-order valence-corrected chi connectivity index (χ3v) is 8.72. The van der Waals surface area contributed by atoms with E-state index >= 15 is 0 Å². The van der Waals surface area contributed by atoms with E-state index in [1.807, 2.05) is 18.2 Å². The molecule has 3 N–H and O–H groups in total. The molecule has 1 aromatic heterocycles. The number of phenols is 1. The van der Waals surface area contributed by atoms with Gasteiger partial charge in [-0.05, 0) is 110 Å². The highest BCUT2D eigenvalue weighted by Gasteiger charge is 2.51. The molecule has 4 aliphatic rings. The van der Waals surface area contributed by atoms with Gasteiger partial charge in [-0.25, -0.2) is 4.98 Å². The van der Waals surface area contributed by atoms with Crippen molar-refractivity contribution >= 4 is 40.0 Å². The van der Waals surface area contributed by atoms with Gasteiger partial charge in [-0.3, -0.25) is 4.79 Å². The lowest BCUT2D eigenvalue weighted by molar-refractivity contribution is -0.127. The SMILES string of the molecule is CC(C)c1ccc2oc(-c3ccc(NC(=S)NC(=O)CC45CC6CC(CC(C6)C4)C5)cc3O)nc2c1. The number of anilines is 1. The maximum atomic E-state index is 12.9. The Balaban J connectivity index is 1.10. The zero-order chi connectivity index (χ0) is 25.0. The van der Waals surface area contributed by atoms with Gasteiger partial charge in [0.1, 0.15) is 11.3 Å². The first-order valence-corrected chi connectivity index (χ1v) is 13.5. The Morgan fingerprint density at radius 1 is 1.11 bits per heavy atom. The molecule has 1 heterocycles. The number of oxazole rings is 1. The molecule has 0 saturated heterocycles. The summed E-state index contributed by atoms with van der Waals surface area (Å²) in [6.07, 6.45) is 8.22. The normalized spacial score (nSPS) is 26.5. The Morgan fingerprint density at radius 2 is 1.81 bits per heavy atom. The minimum absolute atomic E-state index is 0.0115. The van der Waals surface area contributed by atoms with Crippen molar-refractivity contribution < 1.29 is 14.3 Å². The first-order valence-electron chi connectivity index (χ1n) is 13.1. The summed E-state index contributed by atoms with van der Waals surface area (Å²) in [5.74, 6) is 3.21. The fourth-order valence-corrected chi connectivity index (χ4v) is 7.62. The van der Waals surface area contributed by atoms with E-state index in [0.717, 1.165) is 23.3 Å². The summed E-state index contributed by atoms with van der Waals surface area (Å²) < 4.78 is 5.88. The van der Waals surface area contributed by atoms with Gasteiger partial charge in [0, 0.05) is 18.2 Å². The Labute approximate surface area is 216 Å². The minimum atomic E-state index is -0.0115. The number of aromatic nitrogens is 1. The number of carbonyl (C=O) groups excluding carboxylic acids is 1. The molecule has 7 heteroatoms. The van der Waals surface area contributed by atoms with E-state index in [4.69, 9.17) is 16.6 Å². The fourth-order valence-electron chi connectivity index (χ4n) is 7.39. The highest BCUT2D eigenvalue weighted by molar-refractivity contribution is 7.80. The zero-order valence-corrected chi connectivity index (χ0v) is 21.7. The number of phenolic OH excluding ortho intramolecular Hbond substituents is 1. The lowest BCUT2D eigenvalue weighted by atomic mass is 9.49. The van der Waals surface area contributed by atoms with Crippen molar-refractivity contribution in [1.82, 2.24) is 10.3 Å². The van der Waals surface area contributed by atoms with Gasteiger partial charge in [0.2, 0.25) is 11.8 Å². The molecule has 0 aliphatic heterocycles. The summed E-state index contributed by atoms with van der Waals surface area (Å²) >= 11 is 5.41. The molecule has 0 radical (unpaired) electrons. The van der Waals surface area contributed by atoms with Gasteiger partial charge in [-0.15, -0.1) is 0 Å². The van der Waals surface area contributed by atoms with E-state index in [1.54, 1.807) is 18.2 Å². The van der Waals surface area contributed by atoms with Crippen LogP contribution in [0.1, 0.15) is 70.3 Å². The molecule has 4 aliphatic carbocycles. The summed E-state index contributed by atoms with van der Waals surface area (Å²) in [7, 11) is 0. The number of nitrogens with one attached hydrogen (secondary N) is 2. The molecule has 0 unspecified atom stereocenters. The predicted molar refractivity (Wildman–Crippen MR) is 145 cm³/mol. The molecule has 3 aromatic rings. The molecular formula is C29H33N3O3S. The molecule has 6 nitrogen and oxygen atoms in total. The Morgan fingerprint density at radius 3 is 2.44 bits per heavy atom. The number of hydrogen-bond acceptors (Lipinski definition) is 5. The van der Waals surface area contributed by atoms with Crippen LogP contribution in [0.5, 0.6) is 5.75 Å². The van der Waals surface area contributed by atoms with Gasteiger partial charge in [0.15, 0.2) is 10.7 Å². The number of amides is 1. The second-order valence-electron chi connectivity index (χ2n) is 11.7. The zero-order valence-electron chi connectivity index (χ0n) is 20.8. The number of thiocarbonyl (C=S) groups is 1. The van der Waals surface area contributed by atoms with Crippen molar-refractivity contribution in [2.24, 2.45) is 23.2 Å². The minimum Gasteiger partial charge on any atom is -0.507 e. The lowest BCUT2D eigenvalue weighted by Gasteiger charge is -2.56. The summed E-state index contributed by atoms with van der Waals surface area (Å²) in [6.45, 7) is 4.27. The lowest BCUT2D eigenvalue weighted by Crippen LogP contribution is -2.48. The largest absolute Gasteiger partial charge is 0.507 e. The van der Waals surface area contributed by atoms with Crippen LogP contribution in [-0.2, 0) is 4.79 Å². The summed E-state index contributed by atoms with van der Waals surface area (Å²) in [4.78, 5) is 17.5. The van der Waals surface area contributed by atoms with Crippen LogP contribution in [0.25, 0.3) is 22.6 Å². The number of aromatic hydroxyl groups is 1. The van der Waals surface area contributed by atoms with Crippen molar-refractivity contribution in [3.8, 4) is 17.2 Å². The van der Waals surface area contributed by atoms with Crippen LogP contribution in [0, 0.1) is 23.2 Å². The smallest absolute Gasteiger partial charge is 0.231 e. The van der Waals surface area contributed by atoms with Crippen molar-refractivity contribution in [3.05, 3.63) is 42.0 Å². The molecule has 2 aromatic carbocycles. The van der Waals surface area contributed by atoms with Gasteiger partial charge in [-0.1, -0.05) is 19.9 Å². The summed E-state index contributed by atoms with van der Waals surface area (Å²) in [5, 5.41) is 16.8. The summed E-state index contributed by atoms with van der Waals surface area (Å²) in [5.41, 5.74) is 3.89. The van der Waals surface area contributed by atoms with E-state index in [0.29, 0.717) is 35.1 Å². The van der Waals surface area contributed by atoms with Crippen LogP contribution in [0.2, 0.25) is 0 Å². The number of benzene rings is 2. The van der Waals surface area contributed by atoms with Gasteiger partial charge in [-0.2, -0.15) is 0 Å². The average molecular weight is 504 g/mol. The average Bonchev–Trinajstić information content (AvgIpc) is 3.20.